The fraction of sp³-hybridized carbons (Fsp3) is 0.750. The molecule has 3 rings (SSSR count). The number of piperidine rings is 1. The molecule has 0 unspecified atom stereocenters. The Balaban J connectivity index is 1.46. The van der Waals surface area contributed by atoms with Crippen molar-refractivity contribution in [2.75, 3.05) is 39.3 Å². The zero-order chi connectivity index (χ0) is 15.4. The summed E-state index contributed by atoms with van der Waals surface area (Å²) in [6.07, 6.45) is 3.01. The van der Waals surface area contributed by atoms with Crippen LogP contribution in [0.1, 0.15) is 30.5 Å². The fourth-order valence-electron chi connectivity index (χ4n) is 3.27. The summed E-state index contributed by atoms with van der Waals surface area (Å²) < 4.78 is 0. The van der Waals surface area contributed by atoms with E-state index in [0.717, 1.165) is 65.1 Å². The van der Waals surface area contributed by atoms with Crippen LogP contribution in [0, 0.1) is 5.92 Å². The lowest BCUT2D eigenvalue weighted by atomic mass is 9.96. The van der Waals surface area contributed by atoms with Gasteiger partial charge in [-0.05, 0) is 32.4 Å². The number of amides is 1. The molecule has 0 aliphatic carbocycles. The highest BCUT2D eigenvalue weighted by Gasteiger charge is 2.28. The van der Waals surface area contributed by atoms with Crippen molar-refractivity contribution in [3.63, 3.8) is 0 Å². The molecule has 3 heterocycles. The highest BCUT2D eigenvalue weighted by Crippen LogP contribution is 2.18. The van der Waals surface area contributed by atoms with Crippen LogP contribution in [0.2, 0.25) is 0 Å². The van der Waals surface area contributed by atoms with Crippen LogP contribution in [0.15, 0.2) is 5.38 Å². The van der Waals surface area contributed by atoms with Gasteiger partial charge in [-0.1, -0.05) is 6.92 Å². The molecule has 1 amide bonds. The van der Waals surface area contributed by atoms with E-state index in [2.05, 4.69) is 32.4 Å². The van der Waals surface area contributed by atoms with Gasteiger partial charge in [-0.15, -0.1) is 11.3 Å². The van der Waals surface area contributed by atoms with Crippen molar-refractivity contribution in [1.82, 2.24) is 20.1 Å². The molecule has 0 spiro atoms. The molecule has 6 heteroatoms. The van der Waals surface area contributed by atoms with E-state index in [1.807, 2.05) is 0 Å². The molecule has 0 bridgehead atoms. The number of hydrogen-bond donors (Lipinski definition) is 1. The molecular weight excluding hydrogens is 296 g/mol. The highest BCUT2D eigenvalue weighted by molar-refractivity contribution is 7.09. The molecule has 0 atom stereocenters. The zero-order valence-corrected chi connectivity index (χ0v) is 14.2. The first kappa shape index (κ1) is 15.9. The van der Waals surface area contributed by atoms with Crippen LogP contribution in [0.3, 0.4) is 0 Å². The quantitative estimate of drug-likeness (QED) is 0.909. The number of aromatic nitrogens is 1. The number of piperazine rings is 1. The van der Waals surface area contributed by atoms with Gasteiger partial charge in [-0.3, -0.25) is 9.69 Å². The van der Waals surface area contributed by atoms with E-state index >= 15 is 0 Å². The first-order chi connectivity index (χ1) is 10.8. The second-order valence-electron chi connectivity index (χ2n) is 6.21. The first-order valence-electron chi connectivity index (χ1n) is 8.41. The lowest BCUT2D eigenvalue weighted by molar-refractivity contribution is -0.138. The van der Waals surface area contributed by atoms with Gasteiger partial charge >= 0.3 is 0 Å². The van der Waals surface area contributed by atoms with Gasteiger partial charge in [0, 0.05) is 44.0 Å². The number of carbonyl (C=O) groups excluding carboxylic acids is 1. The zero-order valence-electron chi connectivity index (χ0n) is 13.4. The number of rotatable bonds is 4. The van der Waals surface area contributed by atoms with Crippen LogP contribution in [0.25, 0.3) is 0 Å². The number of carbonyl (C=O) groups is 1. The minimum atomic E-state index is 0.249. The van der Waals surface area contributed by atoms with Crippen LogP contribution in [-0.4, -0.2) is 60.0 Å². The van der Waals surface area contributed by atoms with Gasteiger partial charge in [-0.2, -0.15) is 0 Å². The molecule has 1 aromatic rings. The Kier molecular flexibility index (Phi) is 5.44. The topological polar surface area (TPSA) is 48.5 Å². The molecule has 2 aliphatic rings. The van der Waals surface area contributed by atoms with Gasteiger partial charge in [0.2, 0.25) is 5.91 Å². The minimum Gasteiger partial charge on any atom is -0.340 e. The predicted octanol–water partition coefficient (Wildman–Crippen LogP) is 1.35. The lowest BCUT2D eigenvalue weighted by Crippen LogP contribution is -2.51. The fourth-order valence-corrected chi connectivity index (χ4v) is 4.00. The van der Waals surface area contributed by atoms with Crippen molar-refractivity contribution in [3.05, 3.63) is 16.1 Å². The SMILES string of the molecule is CCc1nc(CN2CCN(C(=O)C3CCNCC3)CC2)cs1. The van der Waals surface area contributed by atoms with Crippen LogP contribution >= 0.6 is 11.3 Å². The van der Waals surface area contributed by atoms with Gasteiger partial charge in [0.05, 0.1) is 10.7 Å². The van der Waals surface area contributed by atoms with Crippen molar-refractivity contribution in [3.8, 4) is 0 Å². The van der Waals surface area contributed by atoms with E-state index < -0.39 is 0 Å². The highest BCUT2D eigenvalue weighted by atomic mass is 32.1. The van der Waals surface area contributed by atoms with E-state index in [0.29, 0.717) is 5.91 Å². The first-order valence-corrected chi connectivity index (χ1v) is 9.29. The molecule has 5 nitrogen and oxygen atoms in total. The second-order valence-corrected chi connectivity index (χ2v) is 7.15. The lowest BCUT2D eigenvalue weighted by Gasteiger charge is -2.37. The normalized spacial score (nSPS) is 21.2. The van der Waals surface area contributed by atoms with Crippen molar-refractivity contribution < 1.29 is 4.79 Å². The summed E-state index contributed by atoms with van der Waals surface area (Å²) in [7, 11) is 0. The Morgan fingerprint density at radius 1 is 1.32 bits per heavy atom. The molecule has 2 aliphatic heterocycles. The molecule has 0 aromatic carbocycles. The maximum absolute atomic E-state index is 12.5. The van der Waals surface area contributed by atoms with Gasteiger partial charge < -0.3 is 10.2 Å². The monoisotopic (exact) mass is 322 g/mol. The molecule has 2 saturated heterocycles. The van der Waals surface area contributed by atoms with E-state index in [4.69, 9.17) is 0 Å². The van der Waals surface area contributed by atoms with Crippen molar-refractivity contribution in [2.45, 2.75) is 32.7 Å². The summed E-state index contributed by atoms with van der Waals surface area (Å²) >= 11 is 1.75. The third-order valence-corrected chi connectivity index (χ3v) is 5.70. The molecule has 2 fully saturated rings. The van der Waals surface area contributed by atoms with E-state index in [1.54, 1.807) is 11.3 Å². The Hall–Kier alpha value is -0.980. The largest absolute Gasteiger partial charge is 0.340 e. The third-order valence-electron chi connectivity index (χ3n) is 4.66. The van der Waals surface area contributed by atoms with Crippen molar-refractivity contribution >= 4 is 17.2 Å². The Bertz CT molecular complexity index is 490. The molecule has 122 valence electrons. The standard InChI is InChI=1S/C16H26N4OS/c1-2-15-18-14(12-22-15)11-19-7-9-20(10-8-19)16(21)13-3-5-17-6-4-13/h12-13,17H,2-11H2,1H3. The third kappa shape index (κ3) is 3.86. The summed E-state index contributed by atoms with van der Waals surface area (Å²) in [5.41, 5.74) is 1.18. The number of nitrogens with zero attached hydrogens (tertiary/aromatic N) is 3. The van der Waals surface area contributed by atoms with Crippen LogP contribution in [0.4, 0.5) is 0 Å². The van der Waals surface area contributed by atoms with Gasteiger partial charge in [0.15, 0.2) is 0 Å². The van der Waals surface area contributed by atoms with Crippen LogP contribution in [0.5, 0.6) is 0 Å². The summed E-state index contributed by atoms with van der Waals surface area (Å²) in [4.78, 5) is 21.7. The average molecular weight is 322 g/mol. The Labute approximate surface area is 136 Å². The van der Waals surface area contributed by atoms with Gasteiger partial charge in [0.1, 0.15) is 0 Å². The van der Waals surface area contributed by atoms with Crippen molar-refractivity contribution in [1.29, 1.82) is 0 Å². The van der Waals surface area contributed by atoms with Crippen molar-refractivity contribution in [2.24, 2.45) is 5.92 Å². The number of hydrogen-bond acceptors (Lipinski definition) is 5. The predicted molar refractivity (Wildman–Crippen MR) is 88.9 cm³/mol. The Morgan fingerprint density at radius 2 is 2.05 bits per heavy atom. The number of nitrogens with one attached hydrogen (secondary N) is 1. The number of aryl methyl sites for hydroxylation is 1. The van der Waals surface area contributed by atoms with Crippen LogP contribution in [-0.2, 0) is 17.8 Å². The molecule has 22 heavy (non-hydrogen) atoms. The van der Waals surface area contributed by atoms with Gasteiger partial charge in [-0.25, -0.2) is 4.98 Å². The van der Waals surface area contributed by atoms with Gasteiger partial charge in [0.25, 0.3) is 0 Å². The molecule has 1 N–H and O–H groups in total. The number of thiazole rings is 1. The smallest absolute Gasteiger partial charge is 0.225 e. The summed E-state index contributed by atoms with van der Waals surface area (Å²) in [5, 5.41) is 6.72. The Morgan fingerprint density at radius 3 is 2.68 bits per heavy atom. The maximum Gasteiger partial charge on any atom is 0.225 e. The minimum absolute atomic E-state index is 0.249. The molecule has 1 aromatic heterocycles. The van der Waals surface area contributed by atoms with E-state index in [9.17, 15) is 4.79 Å². The maximum atomic E-state index is 12.5. The summed E-state index contributed by atoms with van der Waals surface area (Å²) in [6.45, 7) is 8.71. The molecular formula is C16H26N4OS. The molecule has 0 saturated carbocycles. The second kappa shape index (κ2) is 7.53. The summed E-state index contributed by atoms with van der Waals surface area (Å²) in [5.74, 6) is 0.626. The van der Waals surface area contributed by atoms with E-state index in [-0.39, 0.29) is 5.92 Å². The summed E-state index contributed by atoms with van der Waals surface area (Å²) in [6, 6.07) is 0. The molecule has 0 radical (unpaired) electrons. The average Bonchev–Trinajstić information content (AvgIpc) is 3.03. The van der Waals surface area contributed by atoms with Crippen LogP contribution < -0.4 is 5.32 Å². The van der Waals surface area contributed by atoms with E-state index in [1.165, 1.54) is 10.7 Å².